The Balaban J connectivity index is 2.37. The van der Waals surface area contributed by atoms with Crippen molar-refractivity contribution in [2.24, 2.45) is 10.7 Å². The summed E-state index contributed by atoms with van der Waals surface area (Å²) >= 11 is 5.63. The van der Waals surface area contributed by atoms with Crippen LogP contribution in [0.4, 0.5) is 9.18 Å². The molecule has 0 spiro atoms. The molecule has 1 atom stereocenters. The monoisotopic (exact) mass is 269 g/mol. The van der Waals surface area contributed by atoms with E-state index in [1.807, 2.05) is 6.92 Å². The lowest BCUT2D eigenvalue weighted by atomic mass is 10.1. The van der Waals surface area contributed by atoms with Crippen LogP contribution in [0, 0.1) is 5.82 Å². The third-order valence-electron chi connectivity index (χ3n) is 2.79. The number of amides is 2. The molecule has 1 aromatic rings. The van der Waals surface area contributed by atoms with E-state index in [-0.39, 0.29) is 16.9 Å². The fourth-order valence-electron chi connectivity index (χ4n) is 2.00. The number of rotatable bonds is 3. The zero-order valence-electron chi connectivity index (χ0n) is 9.86. The van der Waals surface area contributed by atoms with E-state index < -0.39 is 11.9 Å². The molecule has 1 aliphatic rings. The van der Waals surface area contributed by atoms with Crippen LogP contribution in [0.25, 0.3) is 0 Å². The first kappa shape index (κ1) is 12.8. The Bertz CT molecular complexity index is 518. The fraction of sp³-hybridized carbons (Fsp3) is 0.333. The second-order valence-electron chi connectivity index (χ2n) is 4.09. The van der Waals surface area contributed by atoms with E-state index in [1.54, 1.807) is 6.07 Å². The van der Waals surface area contributed by atoms with Crippen molar-refractivity contribution in [2.45, 2.75) is 19.4 Å². The zero-order chi connectivity index (χ0) is 13.3. The van der Waals surface area contributed by atoms with E-state index in [0.717, 1.165) is 6.42 Å². The number of hydrogen-bond donors (Lipinski definition) is 1. The second-order valence-corrected chi connectivity index (χ2v) is 4.50. The summed E-state index contributed by atoms with van der Waals surface area (Å²) in [6.07, 6.45) is 0.779. The average molecular weight is 270 g/mol. The number of nitrogens with two attached hydrogens (primary N) is 1. The Hall–Kier alpha value is -1.62. The first-order valence-electron chi connectivity index (χ1n) is 5.64. The SMILES string of the molecule is CCCN1C(=O)N=C(N)C1c1ccc(Cl)c(F)c1. The summed E-state index contributed by atoms with van der Waals surface area (Å²) in [4.78, 5) is 16.9. The molecule has 18 heavy (non-hydrogen) atoms. The molecular weight excluding hydrogens is 257 g/mol. The minimum atomic E-state index is -0.530. The third kappa shape index (κ3) is 2.18. The lowest BCUT2D eigenvalue weighted by molar-refractivity contribution is 0.206. The van der Waals surface area contributed by atoms with E-state index in [9.17, 15) is 9.18 Å². The summed E-state index contributed by atoms with van der Waals surface area (Å²) in [5.41, 5.74) is 6.32. The van der Waals surface area contributed by atoms with Crippen LogP contribution in [-0.2, 0) is 0 Å². The molecular formula is C12H13ClFN3O. The van der Waals surface area contributed by atoms with Gasteiger partial charge in [0.15, 0.2) is 0 Å². The number of halogens is 2. The Morgan fingerprint density at radius 2 is 2.28 bits per heavy atom. The van der Waals surface area contributed by atoms with Gasteiger partial charge < -0.3 is 10.6 Å². The Labute approximate surface area is 109 Å². The fourth-order valence-corrected chi connectivity index (χ4v) is 2.12. The molecule has 0 saturated heterocycles. The van der Waals surface area contributed by atoms with Gasteiger partial charge in [-0.3, -0.25) is 0 Å². The number of nitrogens with zero attached hydrogens (tertiary/aromatic N) is 2. The molecule has 1 aliphatic heterocycles. The molecule has 2 rings (SSSR count). The zero-order valence-corrected chi connectivity index (χ0v) is 10.6. The Morgan fingerprint density at radius 3 is 2.89 bits per heavy atom. The number of aliphatic imine (C=N–C) groups is 1. The highest BCUT2D eigenvalue weighted by Crippen LogP contribution is 2.29. The largest absolute Gasteiger partial charge is 0.385 e. The van der Waals surface area contributed by atoms with Crippen molar-refractivity contribution in [3.05, 3.63) is 34.6 Å². The quantitative estimate of drug-likeness (QED) is 0.917. The predicted octanol–water partition coefficient (Wildman–Crippen LogP) is 2.72. The molecule has 0 fully saturated rings. The Kier molecular flexibility index (Phi) is 3.52. The van der Waals surface area contributed by atoms with Crippen LogP contribution in [0.1, 0.15) is 24.9 Å². The van der Waals surface area contributed by atoms with Crippen molar-refractivity contribution in [1.82, 2.24) is 4.90 Å². The summed E-state index contributed by atoms with van der Waals surface area (Å²) in [5.74, 6) is -0.340. The van der Waals surface area contributed by atoms with E-state index in [1.165, 1.54) is 17.0 Å². The van der Waals surface area contributed by atoms with Gasteiger partial charge in [-0.25, -0.2) is 9.18 Å². The van der Waals surface area contributed by atoms with Gasteiger partial charge in [0.25, 0.3) is 0 Å². The third-order valence-corrected chi connectivity index (χ3v) is 3.09. The topological polar surface area (TPSA) is 58.7 Å². The van der Waals surface area contributed by atoms with Crippen LogP contribution < -0.4 is 5.73 Å². The van der Waals surface area contributed by atoms with Gasteiger partial charge in [0.2, 0.25) is 0 Å². The van der Waals surface area contributed by atoms with Crippen LogP contribution in [0.15, 0.2) is 23.2 Å². The van der Waals surface area contributed by atoms with Gasteiger partial charge in [0, 0.05) is 6.54 Å². The van der Waals surface area contributed by atoms with Crippen molar-refractivity contribution in [3.8, 4) is 0 Å². The van der Waals surface area contributed by atoms with E-state index in [2.05, 4.69) is 4.99 Å². The van der Waals surface area contributed by atoms with Crippen LogP contribution >= 0.6 is 11.6 Å². The van der Waals surface area contributed by atoms with Crippen molar-refractivity contribution >= 4 is 23.5 Å². The van der Waals surface area contributed by atoms with Crippen molar-refractivity contribution in [2.75, 3.05) is 6.54 Å². The number of carbonyl (C=O) groups excluding carboxylic acids is 1. The van der Waals surface area contributed by atoms with E-state index in [4.69, 9.17) is 17.3 Å². The molecule has 0 aliphatic carbocycles. The van der Waals surface area contributed by atoms with Crippen LogP contribution in [-0.4, -0.2) is 23.3 Å². The maximum Gasteiger partial charge on any atom is 0.346 e. The summed E-state index contributed by atoms with van der Waals surface area (Å²) in [7, 11) is 0. The van der Waals surface area contributed by atoms with Crippen molar-refractivity contribution in [1.29, 1.82) is 0 Å². The molecule has 1 unspecified atom stereocenters. The highest BCUT2D eigenvalue weighted by Gasteiger charge is 2.34. The van der Waals surface area contributed by atoms with E-state index in [0.29, 0.717) is 12.1 Å². The van der Waals surface area contributed by atoms with Gasteiger partial charge in [-0.05, 0) is 24.1 Å². The lowest BCUT2D eigenvalue weighted by Crippen LogP contribution is -2.33. The molecule has 0 saturated carbocycles. The normalized spacial score (nSPS) is 19.3. The van der Waals surface area contributed by atoms with Crippen LogP contribution in [0.5, 0.6) is 0 Å². The lowest BCUT2D eigenvalue weighted by Gasteiger charge is -2.24. The molecule has 1 heterocycles. The predicted molar refractivity (Wildman–Crippen MR) is 68.2 cm³/mol. The van der Waals surface area contributed by atoms with Gasteiger partial charge in [-0.1, -0.05) is 24.6 Å². The molecule has 6 heteroatoms. The summed E-state index contributed by atoms with van der Waals surface area (Å²) in [6.45, 7) is 2.47. The second kappa shape index (κ2) is 4.94. The number of amidine groups is 1. The van der Waals surface area contributed by atoms with Gasteiger partial charge in [-0.2, -0.15) is 4.99 Å². The molecule has 2 N–H and O–H groups in total. The Morgan fingerprint density at radius 1 is 1.56 bits per heavy atom. The summed E-state index contributed by atoms with van der Waals surface area (Å²) in [6, 6.07) is 3.52. The molecule has 4 nitrogen and oxygen atoms in total. The number of urea groups is 1. The highest BCUT2D eigenvalue weighted by atomic mass is 35.5. The van der Waals surface area contributed by atoms with Crippen LogP contribution in [0.2, 0.25) is 5.02 Å². The van der Waals surface area contributed by atoms with Gasteiger partial charge in [-0.15, -0.1) is 0 Å². The van der Waals surface area contributed by atoms with Crippen molar-refractivity contribution < 1.29 is 9.18 Å². The molecule has 2 amide bonds. The van der Waals surface area contributed by atoms with Gasteiger partial charge in [0.05, 0.1) is 5.02 Å². The molecule has 0 bridgehead atoms. The van der Waals surface area contributed by atoms with Crippen LogP contribution in [0.3, 0.4) is 0 Å². The first-order chi connectivity index (χ1) is 8.54. The maximum absolute atomic E-state index is 13.5. The van der Waals surface area contributed by atoms with E-state index >= 15 is 0 Å². The highest BCUT2D eigenvalue weighted by molar-refractivity contribution is 6.30. The number of carbonyl (C=O) groups is 1. The minimum Gasteiger partial charge on any atom is -0.385 e. The average Bonchev–Trinajstić information content (AvgIpc) is 2.59. The smallest absolute Gasteiger partial charge is 0.346 e. The minimum absolute atomic E-state index is 0.0422. The number of hydrogen-bond acceptors (Lipinski definition) is 2. The number of benzene rings is 1. The van der Waals surface area contributed by atoms with Crippen molar-refractivity contribution in [3.63, 3.8) is 0 Å². The summed E-state index contributed by atoms with van der Waals surface area (Å²) < 4.78 is 13.5. The van der Waals surface area contributed by atoms with Gasteiger partial charge >= 0.3 is 6.03 Å². The maximum atomic E-state index is 13.5. The standard InChI is InChI=1S/C12H13ClFN3O/c1-2-5-17-10(11(15)16-12(17)18)7-3-4-8(13)9(14)6-7/h3-4,6,10H,2,5H2,1H3,(H2,15,16,18). The molecule has 96 valence electrons. The molecule has 0 radical (unpaired) electrons. The first-order valence-corrected chi connectivity index (χ1v) is 6.02. The molecule has 0 aromatic heterocycles. The molecule has 1 aromatic carbocycles. The van der Waals surface area contributed by atoms with Gasteiger partial charge in [0.1, 0.15) is 17.7 Å². The summed E-state index contributed by atoms with van der Waals surface area (Å²) in [5, 5.41) is 0.0422.